The van der Waals surface area contributed by atoms with E-state index in [4.69, 9.17) is 4.74 Å². The fourth-order valence-corrected chi connectivity index (χ4v) is 3.24. The maximum atomic E-state index is 12.8. The Kier molecular flexibility index (Phi) is 5.47. The number of benzene rings is 1. The lowest BCUT2D eigenvalue weighted by Gasteiger charge is -2.08. The number of rotatable bonds is 6. The molecule has 166 valence electrons. The number of nitrogens with zero attached hydrogens (tertiary/aromatic N) is 3. The van der Waals surface area contributed by atoms with Crippen LogP contribution in [-0.2, 0) is 6.54 Å². The van der Waals surface area contributed by atoms with Crippen LogP contribution in [0.1, 0.15) is 21.9 Å². The first kappa shape index (κ1) is 21.2. The van der Waals surface area contributed by atoms with Crippen LogP contribution in [0, 0.1) is 6.92 Å². The van der Waals surface area contributed by atoms with Crippen LogP contribution in [0.2, 0.25) is 0 Å². The Morgan fingerprint density at radius 3 is 2.62 bits per heavy atom. The number of fused-ring (bicyclic) bond motifs is 1. The van der Waals surface area contributed by atoms with E-state index in [0.717, 1.165) is 0 Å². The summed E-state index contributed by atoms with van der Waals surface area (Å²) in [4.78, 5) is 20.0. The Labute approximate surface area is 180 Å². The number of pyridine rings is 1. The van der Waals surface area contributed by atoms with Gasteiger partial charge in [0.05, 0.1) is 42.3 Å². The number of halogens is 3. The first-order chi connectivity index (χ1) is 15.2. The predicted octanol–water partition coefficient (Wildman–Crippen LogP) is 3.87. The number of imidazole rings is 1. The van der Waals surface area contributed by atoms with Crippen molar-refractivity contribution in [3.8, 4) is 22.8 Å². The van der Waals surface area contributed by atoms with Gasteiger partial charge < -0.3 is 19.8 Å². The Morgan fingerprint density at radius 1 is 1.19 bits per heavy atom. The van der Waals surface area contributed by atoms with Crippen LogP contribution in [0.5, 0.6) is 11.5 Å². The molecule has 2 N–H and O–H groups in total. The smallest absolute Gasteiger partial charge is 0.497 e. The summed E-state index contributed by atoms with van der Waals surface area (Å²) in [5.41, 5.74) is 2.81. The number of H-pyrrole nitrogens is 1. The van der Waals surface area contributed by atoms with E-state index in [-0.39, 0.29) is 18.2 Å². The minimum atomic E-state index is -4.74. The number of carbonyl (C=O) groups is 1. The van der Waals surface area contributed by atoms with E-state index in [9.17, 15) is 18.0 Å². The maximum absolute atomic E-state index is 12.8. The molecule has 0 atom stereocenters. The van der Waals surface area contributed by atoms with Crippen molar-refractivity contribution < 1.29 is 27.4 Å². The van der Waals surface area contributed by atoms with Gasteiger partial charge in [0.1, 0.15) is 17.3 Å². The fraction of sp³-hybridized carbons (Fsp3) is 0.190. The predicted molar refractivity (Wildman–Crippen MR) is 108 cm³/mol. The van der Waals surface area contributed by atoms with Gasteiger partial charge in [-0.1, -0.05) is 0 Å². The van der Waals surface area contributed by atoms with E-state index in [1.807, 2.05) is 0 Å². The van der Waals surface area contributed by atoms with Crippen LogP contribution in [0.3, 0.4) is 0 Å². The third-order valence-corrected chi connectivity index (χ3v) is 4.69. The quantitative estimate of drug-likeness (QED) is 0.470. The van der Waals surface area contributed by atoms with Crippen LogP contribution in [-0.4, -0.2) is 39.0 Å². The van der Waals surface area contributed by atoms with Crippen molar-refractivity contribution >= 4 is 11.4 Å². The number of alkyl halides is 3. The van der Waals surface area contributed by atoms with E-state index in [0.29, 0.717) is 39.6 Å². The van der Waals surface area contributed by atoms with Crippen LogP contribution >= 0.6 is 0 Å². The van der Waals surface area contributed by atoms with Gasteiger partial charge in [-0.3, -0.25) is 4.79 Å². The first-order valence-electron chi connectivity index (χ1n) is 9.45. The minimum absolute atomic E-state index is 0.120. The third-order valence-electron chi connectivity index (χ3n) is 4.69. The van der Waals surface area contributed by atoms with Crippen molar-refractivity contribution in [3.63, 3.8) is 0 Å². The highest BCUT2D eigenvalue weighted by atomic mass is 19.4. The largest absolute Gasteiger partial charge is 0.573 e. The minimum Gasteiger partial charge on any atom is -0.497 e. The highest BCUT2D eigenvalue weighted by Gasteiger charge is 2.31. The molecule has 0 aliphatic heterocycles. The molecule has 0 saturated carbocycles. The second-order valence-corrected chi connectivity index (χ2v) is 6.86. The zero-order chi connectivity index (χ0) is 22.9. The van der Waals surface area contributed by atoms with Crippen molar-refractivity contribution in [3.05, 3.63) is 65.9 Å². The van der Waals surface area contributed by atoms with Gasteiger partial charge >= 0.3 is 6.36 Å². The number of ether oxygens (including phenoxy) is 2. The Morgan fingerprint density at radius 2 is 1.94 bits per heavy atom. The molecule has 8 nitrogen and oxygen atoms in total. The second kappa shape index (κ2) is 8.25. The molecule has 0 saturated heterocycles. The molecule has 0 fully saturated rings. The summed E-state index contributed by atoms with van der Waals surface area (Å²) in [6.07, 6.45) is -1.50. The van der Waals surface area contributed by atoms with Gasteiger partial charge in [0.15, 0.2) is 0 Å². The average Bonchev–Trinajstić information content (AvgIpc) is 3.34. The summed E-state index contributed by atoms with van der Waals surface area (Å²) < 4.78 is 47.5. The van der Waals surface area contributed by atoms with Crippen LogP contribution in [0.4, 0.5) is 13.2 Å². The standard InChI is InChI=1S/C21H18F3N5O3/c1-12-19(17-9-15(31-2)7-8-29(17)28-12)20(30)26-11-18-25-10-16(27-18)13-3-5-14(6-4-13)32-21(22,23)24/h3-10H,11H2,1-2H3,(H,25,27)(H,26,30). The zero-order valence-electron chi connectivity index (χ0n) is 17.0. The number of methoxy groups -OCH3 is 1. The second-order valence-electron chi connectivity index (χ2n) is 6.86. The van der Waals surface area contributed by atoms with Crippen molar-refractivity contribution in [1.29, 1.82) is 0 Å². The molecular weight excluding hydrogens is 427 g/mol. The molecule has 1 aromatic carbocycles. The summed E-state index contributed by atoms with van der Waals surface area (Å²) in [5.74, 6) is 0.454. The van der Waals surface area contributed by atoms with Gasteiger partial charge in [-0.15, -0.1) is 13.2 Å². The maximum Gasteiger partial charge on any atom is 0.573 e. The van der Waals surface area contributed by atoms with Gasteiger partial charge in [0.25, 0.3) is 5.91 Å². The number of amides is 1. The van der Waals surface area contributed by atoms with E-state index in [1.54, 1.807) is 36.9 Å². The molecule has 0 spiro atoms. The lowest BCUT2D eigenvalue weighted by atomic mass is 10.2. The van der Waals surface area contributed by atoms with Gasteiger partial charge in [0.2, 0.25) is 0 Å². The number of aromatic amines is 1. The molecule has 0 radical (unpaired) electrons. The Hall–Kier alpha value is -4.02. The third kappa shape index (κ3) is 4.51. The van der Waals surface area contributed by atoms with Crippen LogP contribution in [0.25, 0.3) is 16.8 Å². The molecule has 0 bridgehead atoms. The highest BCUT2D eigenvalue weighted by molar-refractivity contribution is 6.02. The Balaban J connectivity index is 1.45. The number of aryl methyl sites for hydroxylation is 1. The van der Waals surface area contributed by atoms with Gasteiger partial charge in [0, 0.05) is 12.3 Å². The number of hydrogen-bond acceptors (Lipinski definition) is 5. The first-order valence-corrected chi connectivity index (χ1v) is 9.45. The molecule has 3 heterocycles. The number of nitrogens with one attached hydrogen (secondary N) is 2. The molecule has 4 rings (SSSR count). The van der Waals surface area contributed by atoms with E-state index >= 15 is 0 Å². The lowest BCUT2D eigenvalue weighted by Crippen LogP contribution is -2.24. The van der Waals surface area contributed by atoms with Crippen LogP contribution in [0.15, 0.2) is 48.8 Å². The molecule has 32 heavy (non-hydrogen) atoms. The topological polar surface area (TPSA) is 93.5 Å². The number of hydrogen-bond donors (Lipinski definition) is 2. The van der Waals surface area contributed by atoms with Gasteiger partial charge in [-0.05, 0) is 42.8 Å². The summed E-state index contributed by atoms with van der Waals surface area (Å²) in [6.45, 7) is 1.86. The highest BCUT2D eigenvalue weighted by Crippen LogP contribution is 2.26. The molecular formula is C21H18F3N5O3. The molecule has 11 heteroatoms. The van der Waals surface area contributed by atoms with E-state index in [2.05, 4.69) is 25.1 Å². The van der Waals surface area contributed by atoms with Gasteiger partial charge in [-0.25, -0.2) is 9.50 Å². The van der Waals surface area contributed by atoms with Gasteiger partial charge in [-0.2, -0.15) is 5.10 Å². The summed E-state index contributed by atoms with van der Waals surface area (Å²) in [6, 6.07) is 8.86. The van der Waals surface area contributed by atoms with Crippen molar-refractivity contribution in [2.45, 2.75) is 19.8 Å². The van der Waals surface area contributed by atoms with E-state index in [1.165, 1.54) is 30.5 Å². The van der Waals surface area contributed by atoms with Crippen molar-refractivity contribution in [2.75, 3.05) is 7.11 Å². The summed E-state index contributed by atoms with van der Waals surface area (Å²) in [5, 5.41) is 7.13. The van der Waals surface area contributed by atoms with E-state index < -0.39 is 6.36 Å². The lowest BCUT2D eigenvalue weighted by molar-refractivity contribution is -0.274. The number of aromatic nitrogens is 4. The fourth-order valence-electron chi connectivity index (χ4n) is 3.24. The molecule has 0 unspecified atom stereocenters. The summed E-state index contributed by atoms with van der Waals surface area (Å²) >= 11 is 0. The molecule has 0 aliphatic carbocycles. The monoisotopic (exact) mass is 445 g/mol. The number of carbonyl (C=O) groups excluding carboxylic acids is 1. The molecule has 3 aromatic heterocycles. The zero-order valence-corrected chi connectivity index (χ0v) is 17.0. The van der Waals surface area contributed by atoms with Crippen molar-refractivity contribution in [2.24, 2.45) is 0 Å². The normalized spacial score (nSPS) is 11.5. The summed E-state index contributed by atoms with van der Waals surface area (Å²) in [7, 11) is 1.54. The molecule has 0 aliphatic rings. The molecule has 1 amide bonds. The average molecular weight is 445 g/mol. The molecule has 4 aromatic rings. The van der Waals surface area contributed by atoms with Crippen LogP contribution < -0.4 is 14.8 Å². The van der Waals surface area contributed by atoms with Crippen molar-refractivity contribution in [1.82, 2.24) is 24.9 Å². The SMILES string of the molecule is COc1ccn2nc(C)c(C(=O)NCc3ncc(-c4ccc(OC(F)(F)F)cc4)[nH]3)c2c1. The Bertz CT molecular complexity index is 1260.